The molecule has 0 saturated heterocycles. The number of rotatable bonds is 6. The summed E-state index contributed by atoms with van der Waals surface area (Å²) < 4.78 is 0. The van der Waals surface area contributed by atoms with Gasteiger partial charge in [0, 0.05) is 0 Å². The molecule has 11 heavy (non-hydrogen) atoms. The standard InChI is InChI=1S/C8H14N2S/c1-4-7(2)8(10-9)5-6-11-3/h4,8-9H,1-2,5-6H2,3H3/t8-/m0/s1. The van der Waals surface area contributed by atoms with Crippen molar-refractivity contribution < 1.29 is 0 Å². The van der Waals surface area contributed by atoms with Crippen LogP contribution in [0.2, 0.25) is 0 Å². The average molecular weight is 170 g/mol. The van der Waals surface area contributed by atoms with Crippen LogP contribution in [-0.4, -0.2) is 18.1 Å². The van der Waals surface area contributed by atoms with Gasteiger partial charge in [-0.15, -0.1) is 0 Å². The average Bonchev–Trinajstić information content (AvgIpc) is 2.05. The lowest BCUT2D eigenvalue weighted by Crippen LogP contribution is -2.05. The lowest BCUT2D eigenvalue weighted by atomic mass is 10.1. The third-order valence-corrected chi connectivity index (χ3v) is 2.09. The zero-order chi connectivity index (χ0) is 8.69. The molecule has 1 N–H and O–H groups in total. The summed E-state index contributed by atoms with van der Waals surface area (Å²) in [6.07, 6.45) is 4.59. The van der Waals surface area contributed by atoms with Crippen molar-refractivity contribution in [3.63, 3.8) is 0 Å². The van der Waals surface area contributed by atoms with Crippen LogP contribution in [0.5, 0.6) is 0 Å². The van der Waals surface area contributed by atoms with Gasteiger partial charge in [-0.1, -0.05) is 19.2 Å². The van der Waals surface area contributed by atoms with Crippen molar-refractivity contribution in [2.24, 2.45) is 5.11 Å². The third kappa shape index (κ3) is 3.98. The largest absolute Gasteiger partial charge is 0.209 e. The molecule has 0 heterocycles. The zero-order valence-corrected chi connectivity index (χ0v) is 7.66. The summed E-state index contributed by atoms with van der Waals surface area (Å²) in [5, 5.41) is 3.46. The maximum atomic E-state index is 6.88. The SMILES string of the molecule is C=CC(=C)[C@H](CCSC)N=N. The van der Waals surface area contributed by atoms with Crippen molar-refractivity contribution in [2.45, 2.75) is 12.5 Å². The second kappa shape index (κ2) is 6.16. The Balaban J connectivity index is 3.84. The Morgan fingerprint density at radius 1 is 1.82 bits per heavy atom. The van der Waals surface area contributed by atoms with Gasteiger partial charge in [-0.05, 0) is 24.0 Å². The Morgan fingerprint density at radius 3 is 2.82 bits per heavy atom. The first-order valence-corrected chi connectivity index (χ1v) is 4.82. The van der Waals surface area contributed by atoms with Gasteiger partial charge in [0.25, 0.3) is 0 Å². The van der Waals surface area contributed by atoms with Gasteiger partial charge in [0.2, 0.25) is 0 Å². The minimum atomic E-state index is -0.0556. The first-order chi connectivity index (χ1) is 5.26. The molecule has 0 aromatic carbocycles. The van der Waals surface area contributed by atoms with Crippen molar-refractivity contribution in [1.29, 1.82) is 5.53 Å². The Labute approximate surface area is 72.3 Å². The van der Waals surface area contributed by atoms with E-state index in [2.05, 4.69) is 18.3 Å². The summed E-state index contributed by atoms with van der Waals surface area (Å²) in [5.74, 6) is 1.01. The fraction of sp³-hybridized carbons (Fsp3) is 0.500. The molecule has 1 atom stereocenters. The van der Waals surface area contributed by atoms with Crippen LogP contribution in [0.15, 0.2) is 29.9 Å². The summed E-state index contributed by atoms with van der Waals surface area (Å²) in [6.45, 7) is 7.34. The van der Waals surface area contributed by atoms with Gasteiger partial charge in [-0.3, -0.25) is 0 Å². The maximum absolute atomic E-state index is 6.88. The highest BCUT2D eigenvalue weighted by atomic mass is 32.2. The molecule has 62 valence electrons. The summed E-state index contributed by atoms with van der Waals surface area (Å²) >= 11 is 1.75. The maximum Gasteiger partial charge on any atom is 0.0957 e. The number of hydrogen-bond acceptors (Lipinski definition) is 3. The minimum Gasteiger partial charge on any atom is -0.209 e. The molecule has 0 aliphatic carbocycles. The van der Waals surface area contributed by atoms with E-state index in [1.54, 1.807) is 17.8 Å². The van der Waals surface area contributed by atoms with Crippen LogP contribution in [-0.2, 0) is 0 Å². The molecule has 3 heteroatoms. The highest BCUT2D eigenvalue weighted by Gasteiger charge is 2.06. The molecule has 0 unspecified atom stereocenters. The molecule has 0 spiro atoms. The van der Waals surface area contributed by atoms with E-state index < -0.39 is 0 Å². The fourth-order valence-corrected chi connectivity index (χ4v) is 1.16. The molecule has 2 nitrogen and oxygen atoms in total. The van der Waals surface area contributed by atoms with Gasteiger partial charge in [0.05, 0.1) is 6.04 Å². The van der Waals surface area contributed by atoms with Crippen LogP contribution in [0.3, 0.4) is 0 Å². The van der Waals surface area contributed by atoms with Crippen molar-refractivity contribution in [3.8, 4) is 0 Å². The van der Waals surface area contributed by atoms with E-state index in [0.29, 0.717) is 0 Å². The topological polar surface area (TPSA) is 36.2 Å². The normalized spacial score (nSPS) is 12.1. The number of nitrogens with zero attached hydrogens (tertiary/aromatic N) is 1. The van der Waals surface area contributed by atoms with E-state index in [9.17, 15) is 0 Å². The summed E-state index contributed by atoms with van der Waals surface area (Å²) in [6, 6.07) is -0.0556. The predicted octanol–water partition coefficient (Wildman–Crippen LogP) is 2.88. The van der Waals surface area contributed by atoms with E-state index >= 15 is 0 Å². The zero-order valence-electron chi connectivity index (χ0n) is 6.84. The molecule has 0 bridgehead atoms. The first kappa shape index (κ1) is 10.4. The van der Waals surface area contributed by atoms with E-state index in [0.717, 1.165) is 17.7 Å². The van der Waals surface area contributed by atoms with E-state index in [-0.39, 0.29) is 6.04 Å². The van der Waals surface area contributed by atoms with Gasteiger partial charge >= 0.3 is 0 Å². The molecule has 0 aliphatic heterocycles. The van der Waals surface area contributed by atoms with Gasteiger partial charge < -0.3 is 0 Å². The second-order valence-electron chi connectivity index (χ2n) is 2.21. The lowest BCUT2D eigenvalue weighted by Gasteiger charge is -2.08. The summed E-state index contributed by atoms with van der Waals surface area (Å²) in [4.78, 5) is 0. The van der Waals surface area contributed by atoms with Crippen molar-refractivity contribution >= 4 is 11.8 Å². The second-order valence-corrected chi connectivity index (χ2v) is 3.19. The number of thioether (sulfide) groups is 1. The fourth-order valence-electron chi connectivity index (χ4n) is 0.698. The van der Waals surface area contributed by atoms with Crippen LogP contribution >= 0.6 is 11.8 Å². The van der Waals surface area contributed by atoms with Crippen LogP contribution < -0.4 is 0 Å². The molecule has 0 aromatic heterocycles. The Hall–Kier alpha value is -0.570. The molecule has 0 fully saturated rings. The van der Waals surface area contributed by atoms with E-state index in [1.807, 2.05) is 6.26 Å². The Bertz CT molecular complexity index is 154. The Morgan fingerprint density at radius 2 is 2.45 bits per heavy atom. The van der Waals surface area contributed by atoms with Crippen LogP contribution in [0.1, 0.15) is 6.42 Å². The molecule has 0 amide bonds. The Kier molecular flexibility index (Phi) is 5.84. The van der Waals surface area contributed by atoms with Gasteiger partial charge in [-0.2, -0.15) is 16.9 Å². The van der Waals surface area contributed by atoms with Crippen LogP contribution in [0.25, 0.3) is 0 Å². The first-order valence-electron chi connectivity index (χ1n) is 3.43. The smallest absolute Gasteiger partial charge is 0.0957 e. The van der Waals surface area contributed by atoms with Crippen molar-refractivity contribution in [1.82, 2.24) is 0 Å². The van der Waals surface area contributed by atoms with Crippen LogP contribution in [0.4, 0.5) is 0 Å². The van der Waals surface area contributed by atoms with Crippen LogP contribution in [0, 0.1) is 5.53 Å². The minimum absolute atomic E-state index is 0.0556. The molecule has 0 aliphatic rings. The predicted molar refractivity (Wildman–Crippen MR) is 51.3 cm³/mol. The quantitative estimate of drug-likeness (QED) is 0.483. The highest BCUT2D eigenvalue weighted by Crippen LogP contribution is 2.12. The van der Waals surface area contributed by atoms with E-state index in [1.165, 1.54) is 0 Å². The van der Waals surface area contributed by atoms with Gasteiger partial charge in [0.15, 0.2) is 0 Å². The molecule has 0 rings (SSSR count). The third-order valence-electron chi connectivity index (χ3n) is 1.44. The van der Waals surface area contributed by atoms with Crippen molar-refractivity contribution in [3.05, 3.63) is 24.8 Å². The molecular weight excluding hydrogens is 156 g/mol. The molecular formula is C8H14N2S. The van der Waals surface area contributed by atoms with E-state index in [4.69, 9.17) is 5.53 Å². The molecule has 0 aromatic rings. The lowest BCUT2D eigenvalue weighted by molar-refractivity contribution is 0.703. The molecule has 0 radical (unpaired) electrons. The monoisotopic (exact) mass is 170 g/mol. The summed E-state index contributed by atoms with van der Waals surface area (Å²) in [5.41, 5.74) is 7.72. The van der Waals surface area contributed by atoms with Gasteiger partial charge in [-0.25, -0.2) is 5.53 Å². The van der Waals surface area contributed by atoms with Crippen molar-refractivity contribution in [2.75, 3.05) is 12.0 Å². The number of nitrogens with one attached hydrogen (secondary N) is 1. The highest BCUT2D eigenvalue weighted by molar-refractivity contribution is 7.98. The summed E-state index contributed by atoms with van der Waals surface area (Å²) in [7, 11) is 0. The number of hydrogen-bond donors (Lipinski definition) is 1. The van der Waals surface area contributed by atoms with Gasteiger partial charge in [0.1, 0.15) is 0 Å². The molecule has 0 saturated carbocycles.